The fourth-order valence-corrected chi connectivity index (χ4v) is 3.08. The Kier molecular flexibility index (Phi) is 3.19. The van der Waals surface area contributed by atoms with E-state index in [1.807, 2.05) is 19.3 Å². The van der Waals surface area contributed by atoms with Gasteiger partial charge in [-0.1, -0.05) is 0 Å². The first-order valence-electron chi connectivity index (χ1n) is 7.58. The number of fused-ring (bicyclic) bond motifs is 1. The molecule has 0 saturated carbocycles. The van der Waals surface area contributed by atoms with Gasteiger partial charge in [-0.2, -0.15) is 5.10 Å². The largest absolute Gasteiger partial charge is 0.336 e. The first kappa shape index (κ1) is 14.6. The Morgan fingerprint density at radius 2 is 1.83 bits per heavy atom. The third-order valence-corrected chi connectivity index (χ3v) is 4.21. The molecule has 3 heterocycles. The molecule has 3 aromatic rings. The van der Waals surface area contributed by atoms with Gasteiger partial charge < -0.3 is 4.90 Å². The van der Waals surface area contributed by atoms with Gasteiger partial charge in [-0.05, 0) is 30.3 Å². The summed E-state index contributed by atoms with van der Waals surface area (Å²) in [6.45, 7) is 0.508. The van der Waals surface area contributed by atoms with Crippen molar-refractivity contribution in [1.29, 1.82) is 0 Å². The quantitative estimate of drug-likeness (QED) is 0.729. The van der Waals surface area contributed by atoms with Crippen LogP contribution in [0.4, 0.5) is 4.39 Å². The lowest BCUT2D eigenvalue weighted by Gasteiger charge is -2.08. The van der Waals surface area contributed by atoms with Gasteiger partial charge in [0.2, 0.25) is 0 Å². The van der Waals surface area contributed by atoms with Crippen molar-refractivity contribution in [2.75, 3.05) is 7.05 Å². The Labute approximate surface area is 138 Å². The average molecular weight is 322 g/mol. The number of halogens is 1. The highest BCUT2D eigenvalue weighted by Crippen LogP contribution is 2.36. The molecular weight excluding hydrogens is 307 g/mol. The minimum Gasteiger partial charge on any atom is -0.336 e. The Bertz CT molecular complexity index is 946. The predicted molar refractivity (Wildman–Crippen MR) is 87.6 cm³/mol. The smallest absolute Gasteiger partial charge is 0.256 e. The van der Waals surface area contributed by atoms with Crippen molar-refractivity contribution in [3.63, 3.8) is 0 Å². The van der Waals surface area contributed by atoms with Crippen LogP contribution in [0.25, 0.3) is 22.4 Å². The van der Waals surface area contributed by atoms with E-state index in [-0.39, 0.29) is 11.7 Å². The predicted octanol–water partition coefficient (Wildman–Crippen LogP) is 2.87. The van der Waals surface area contributed by atoms with Gasteiger partial charge in [0.25, 0.3) is 5.91 Å². The summed E-state index contributed by atoms with van der Waals surface area (Å²) in [7, 11) is 3.59. The van der Waals surface area contributed by atoms with Crippen LogP contribution in [0.3, 0.4) is 0 Å². The van der Waals surface area contributed by atoms with Crippen molar-refractivity contribution in [2.24, 2.45) is 7.05 Å². The van der Waals surface area contributed by atoms with Crippen LogP contribution in [0.15, 0.2) is 42.7 Å². The molecule has 2 aromatic heterocycles. The molecule has 6 heteroatoms. The number of nitrogens with zero attached hydrogens (tertiary/aromatic N) is 4. The highest BCUT2D eigenvalue weighted by molar-refractivity contribution is 6.05. The van der Waals surface area contributed by atoms with E-state index in [0.717, 1.165) is 22.4 Å². The third-order valence-electron chi connectivity index (χ3n) is 4.21. The average Bonchev–Trinajstić information content (AvgIpc) is 3.09. The molecule has 0 N–H and O–H groups in total. The van der Waals surface area contributed by atoms with E-state index >= 15 is 0 Å². The summed E-state index contributed by atoms with van der Waals surface area (Å²) in [6.07, 6.45) is 3.59. The summed E-state index contributed by atoms with van der Waals surface area (Å²) in [6, 6.07) is 8.03. The van der Waals surface area contributed by atoms with Crippen molar-refractivity contribution < 1.29 is 9.18 Å². The molecule has 4 rings (SSSR count). The molecule has 5 nitrogen and oxygen atoms in total. The van der Waals surface area contributed by atoms with Gasteiger partial charge in [-0.25, -0.2) is 4.39 Å². The Morgan fingerprint density at radius 3 is 2.58 bits per heavy atom. The second kappa shape index (κ2) is 5.26. The van der Waals surface area contributed by atoms with Crippen LogP contribution in [0, 0.1) is 5.82 Å². The number of hydrogen-bond acceptors (Lipinski definition) is 3. The molecule has 1 aliphatic heterocycles. The van der Waals surface area contributed by atoms with Crippen LogP contribution < -0.4 is 0 Å². The molecule has 0 bridgehead atoms. The zero-order valence-electron chi connectivity index (χ0n) is 13.3. The Hall–Kier alpha value is -3.02. The lowest BCUT2D eigenvalue weighted by molar-refractivity contribution is 0.0817. The maximum absolute atomic E-state index is 13.2. The van der Waals surface area contributed by atoms with Gasteiger partial charge in [0.15, 0.2) is 0 Å². The number of benzene rings is 1. The van der Waals surface area contributed by atoms with Crippen LogP contribution in [0.1, 0.15) is 16.1 Å². The highest BCUT2D eigenvalue weighted by Gasteiger charge is 2.30. The third kappa shape index (κ3) is 2.19. The maximum Gasteiger partial charge on any atom is 0.256 e. The van der Waals surface area contributed by atoms with Crippen molar-refractivity contribution in [1.82, 2.24) is 19.7 Å². The minimum atomic E-state index is -0.294. The van der Waals surface area contributed by atoms with E-state index in [0.29, 0.717) is 17.8 Å². The summed E-state index contributed by atoms with van der Waals surface area (Å²) in [5, 5.41) is 4.51. The standard InChI is InChI=1S/C18H15FN4O/c1-22-10-15-16(18(22)24)13(7-8-20-15)14-9-23(2)21-17(14)11-3-5-12(19)6-4-11/h3-9H,10H2,1-2H3. The van der Waals surface area contributed by atoms with Gasteiger partial charge in [0.05, 0.1) is 17.8 Å². The zero-order chi connectivity index (χ0) is 16.8. The van der Waals surface area contributed by atoms with Gasteiger partial charge >= 0.3 is 0 Å². The van der Waals surface area contributed by atoms with Gasteiger partial charge in [0, 0.05) is 43.2 Å². The summed E-state index contributed by atoms with van der Waals surface area (Å²) < 4.78 is 14.9. The van der Waals surface area contributed by atoms with E-state index in [1.54, 1.807) is 35.0 Å². The van der Waals surface area contributed by atoms with Gasteiger partial charge in [-0.15, -0.1) is 0 Å². The van der Waals surface area contributed by atoms with Crippen LogP contribution in [-0.2, 0) is 13.6 Å². The van der Waals surface area contributed by atoms with E-state index in [1.165, 1.54) is 12.1 Å². The maximum atomic E-state index is 13.2. The molecule has 0 radical (unpaired) electrons. The van der Waals surface area contributed by atoms with Crippen LogP contribution in [-0.4, -0.2) is 32.6 Å². The molecule has 1 amide bonds. The number of aromatic nitrogens is 3. The van der Waals surface area contributed by atoms with Gasteiger partial charge in [-0.3, -0.25) is 14.5 Å². The molecule has 1 aliphatic rings. The summed E-state index contributed by atoms with van der Waals surface area (Å²) in [4.78, 5) is 18.5. The molecule has 0 spiro atoms. The number of carbonyl (C=O) groups is 1. The number of hydrogen-bond donors (Lipinski definition) is 0. The SMILES string of the molecule is CN1Cc2nccc(-c3cn(C)nc3-c3ccc(F)cc3)c2C1=O. The second-order valence-electron chi connectivity index (χ2n) is 5.91. The monoisotopic (exact) mass is 322 g/mol. The molecular formula is C18H15FN4O. The van der Waals surface area contributed by atoms with Crippen molar-refractivity contribution >= 4 is 5.91 Å². The Morgan fingerprint density at radius 1 is 1.08 bits per heavy atom. The summed E-state index contributed by atoms with van der Waals surface area (Å²) in [5.74, 6) is -0.333. The highest BCUT2D eigenvalue weighted by atomic mass is 19.1. The number of rotatable bonds is 2. The molecule has 24 heavy (non-hydrogen) atoms. The molecule has 0 saturated heterocycles. The number of pyridine rings is 1. The summed E-state index contributed by atoms with van der Waals surface area (Å²) >= 11 is 0. The first-order valence-corrected chi connectivity index (χ1v) is 7.58. The zero-order valence-corrected chi connectivity index (χ0v) is 13.3. The number of amides is 1. The van der Waals surface area contributed by atoms with Crippen molar-refractivity contribution in [2.45, 2.75) is 6.54 Å². The minimum absolute atomic E-state index is 0.0398. The number of carbonyl (C=O) groups excluding carboxylic acids is 1. The molecule has 0 fully saturated rings. The summed E-state index contributed by atoms with van der Waals surface area (Å²) in [5.41, 5.74) is 4.56. The molecule has 0 unspecified atom stereocenters. The molecule has 120 valence electrons. The van der Waals surface area contributed by atoms with Crippen molar-refractivity contribution in [3.8, 4) is 22.4 Å². The first-order chi connectivity index (χ1) is 11.5. The normalized spacial score (nSPS) is 13.5. The molecule has 1 aromatic carbocycles. The van der Waals surface area contributed by atoms with E-state index in [4.69, 9.17) is 0 Å². The topological polar surface area (TPSA) is 51.0 Å². The Balaban J connectivity index is 1.93. The van der Waals surface area contributed by atoms with Crippen LogP contribution >= 0.6 is 0 Å². The van der Waals surface area contributed by atoms with Crippen LogP contribution in [0.5, 0.6) is 0 Å². The second-order valence-corrected chi connectivity index (χ2v) is 5.91. The van der Waals surface area contributed by atoms with Crippen molar-refractivity contribution in [3.05, 3.63) is 59.8 Å². The van der Waals surface area contributed by atoms with Crippen LogP contribution in [0.2, 0.25) is 0 Å². The van der Waals surface area contributed by atoms with Gasteiger partial charge in [0.1, 0.15) is 11.5 Å². The number of aryl methyl sites for hydroxylation is 1. The molecule has 0 atom stereocenters. The fraction of sp³-hybridized carbons (Fsp3) is 0.167. The van der Waals surface area contributed by atoms with E-state index in [9.17, 15) is 9.18 Å². The van der Waals surface area contributed by atoms with E-state index in [2.05, 4.69) is 10.1 Å². The van der Waals surface area contributed by atoms with E-state index < -0.39 is 0 Å². The fourth-order valence-electron chi connectivity index (χ4n) is 3.08. The lowest BCUT2D eigenvalue weighted by atomic mass is 9.97. The molecule has 0 aliphatic carbocycles. The lowest BCUT2D eigenvalue weighted by Crippen LogP contribution is -2.17.